The van der Waals surface area contributed by atoms with E-state index in [1.807, 2.05) is 0 Å². The van der Waals surface area contributed by atoms with Gasteiger partial charge in [0.2, 0.25) is 17.5 Å². The molecule has 1 aromatic rings. The Labute approximate surface area is 86.3 Å². The van der Waals surface area contributed by atoms with Crippen molar-refractivity contribution in [2.45, 2.75) is 6.42 Å². The van der Waals surface area contributed by atoms with Crippen molar-refractivity contribution in [3.8, 4) is 0 Å². The minimum Gasteiger partial charge on any atom is -0.396 e. The quantitative estimate of drug-likeness (QED) is 0.287. The smallest absolute Gasteiger partial charge is 0.343 e. The molecule has 0 aliphatic heterocycles. The molecule has 0 heterocycles. The van der Waals surface area contributed by atoms with E-state index < -0.39 is 52.5 Å². The van der Waals surface area contributed by atoms with Gasteiger partial charge in [-0.1, -0.05) is 0 Å². The van der Waals surface area contributed by atoms with E-state index in [1.54, 1.807) is 0 Å². The monoisotopic (exact) mass is 239 g/mol. The van der Waals surface area contributed by atoms with Crippen LogP contribution in [-0.2, 0) is 6.42 Å². The molecular formula is C8H5F4NO3. The normalized spacial score (nSPS) is 10.6. The fourth-order valence-corrected chi connectivity index (χ4v) is 1.16. The highest BCUT2D eigenvalue weighted by Gasteiger charge is 2.32. The van der Waals surface area contributed by atoms with Gasteiger partial charge in [0.1, 0.15) is 0 Å². The Hall–Kier alpha value is -1.70. The molecule has 0 aliphatic carbocycles. The second kappa shape index (κ2) is 4.44. The van der Waals surface area contributed by atoms with E-state index in [4.69, 9.17) is 5.11 Å². The molecule has 4 nitrogen and oxygen atoms in total. The predicted octanol–water partition coefficient (Wildman–Crippen LogP) is 1.69. The SMILES string of the molecule is O=[N+]([O-])c1c(F)c(F)c(F)c(CCO)c1F. The molecule has 1 rings (SSSR count). The number of rotatable bonds is 3. The van der Waals surface area contributed by atoms with Gasteiger partial charge in [0, 0.05) is 18.6 Å². The Morgan fingerprint density at radius 3 is 2.06 bits per heavy atom. The molecule has 0 radical (unpaired) electrons. The molecule has 0 unspecified atom stereocenters. The van der Waals surface area contributed by atoms with Gasteiger partial charge in [-0.25, -0.2) is 8.78 Å². The van der Waals surface area contributed by atoms with Crippen LogP contribution in [0.25, 0.3) is 0 Å². The van der Waals surface area contributed by atoms with Gasteiger partial charge in [0.15, 0.2) is 5.82 Å². The lowest BCUT2D eigenvalue weighted by Crippen LogP contribution is -2.09. The van der Waals surface area contributed by atoms with Crippen LogP contribution >= 0.6 is 0 Å². The second-order valence-electron chi connectivity index (χ2n) is 2.81. The average Bonchev–Trinajstić information content (AvgIpc) is 2.21. The van der Waals surface area contributed by atoms with Crippen LogP contribution in [0.15, 0.2) is 0 Å². The number of benzene rings is 1. The molecule has 0 amide bonds. The highest BCUT2D eigenvalue weighted by molar-refractivity contribution is 5.40. The number of halogens is 4. The first-order valence-corrected chi connectivity index (χ1v) is 4.01. The topological polar surface area (TPSA) is 63.4 Å². The zero-order valence-electron chi connectivity index (χ0n) is 7.64. The van der Waals surface area contributed by atoms with Gasteiger partial charge in [0.05, 0.1) is 4.92 Å². The molecule has 88 valence electrons. The number of nitro groups is 1. The molecule has 0 saturated heterocycles. The molecule has 0 aliphatic rings. The van der Waals surface area contributed by atoms with Gasteiger partial charge >= 0.3 is 5.69 Å². The molecule has 16 heavy (non-hydrogen) atoms. The molecule has 1 aromatic carbocycles. The van der Waals surface area contributed by atoms with E-state index >= 15 is 0 Å². The van der Waals surface area contributed by atoms with Crippen molar-refractivity contribution in [1.29, 1.82) is 0 Å². The molecule has 0 bridgehead atoms. The van der Waals surface area contributed by atoms with Crippen molar-refractivity contribution in [3.05, 3.63) is 38.9 Å². The van der Waals surface area contributed by atoms with Crippen LogP contribution in [-0.4, -0.2) is 16.6 Å². The summed E-state index contributed by atoms with van der Waals surface area (Å²) in [5, 5.41) is 18.7. The van der Waals surface area contributed by atoms with Gasteiger partial charge in [0.25, 0.3) is 0 Å². The maximum absolute atomic E-state index is 13.2. The zero-order chi connectivity index (χ0) is 12.5. The van der Waals surface area contributed by atoms with Crippen molar-refractivity contribution in [2.24, 2.45) is 0 Å². The third-order valence-electron chi connectivity index (χ3n) is 1.88. The Balaban J connectivity index is 3.58. The van der Waals surface area contributed by atoms with Gasteiger partial charge in [-0.05, 0) is 0 Å². The maximum Gasteiger partial charge on any atom is 0.343 e. The summed E-state index contributed by atoms with van der Waals surface area (Å²) in [5.74, 6) is -8.00. The van der Waals surface area contributed by atoms with Crippen molar-refractivity contribution < 1.29 is 27.6 Å². The molecule has 0 atom stereocenters. The Morgan fingerprint density at radius 2 is 1.62 bits per heavy atom. The summed E-state index contributed by atoms with van der Waals surface area (Å²) in [6.45, 7) is -0.754. The van der Waals surface area contributed by atoms with Gasteiger partial charge in [-0.15, -0.1) is 0 Å². The number of nitro benzene ring substituents is 1. The summed E-state index contributed by atoms with van der Waals surface area (Å²) in [4.78, 5) is 8.74. The van der Waals surface area contributed by atoms with E-state index in [1.165, 1.54) is 0 Å². The molecule has 8 heteroatoms. The van der Waals surface area contributed by atoms with Gasteiger partial charge in [-0.2, -0.15) is 8.78 Å². The lowest BCUT2D eigenvalue weighted by atomic mass is 10.1. The largest absolute Gasteiger partial charge is 0.396 e. The van der Waals surface area contributed by atoms with Crippen molar-refractivity contribution in [2.75, 3.05) is 6.61 Å². The number of nitrogens with zero attached hydrogens (tertiary/aromatic N) is 1. The highest BCUT2D eigenvalue weighted by atomic mass is 19.2. The van der Waals surface area contributed by atoms with Crippen LogP contribution in [0.2, 0.25) is 0 Å². The third kappa shape index (κ3) is 1.83. The molecule has 0 aromatic heterocycles. The maximum atomic E-state index is 13.2. The summed E-state index contributed by atoms with van der Waals surface area (Å²) < 4.78 is 51.8. The fourth-order valence-electron chi connectivity index (χ4n) is 1.16. The summed E-state index contributed by atoms with van der Waals surface area (Å²) in [5.41, 5.74) is -2.81. The van der Waals surface area contributed by atoms with Crippen LogP contribution < -0.4 is 0 Å². The average molecular weight is 239 g/mol. The van der Waals surface area contributed by atoms with E-state index in [0.29, 0.717) is 0 Å². The van der Waals surface area contributed by atoms with Crippen molar-refractivity contribution in [1.82, 2.24) is 0 Å². The fraction of sp³-hybridized carbons (Fsp3) is 0.250. The number of aliphatic hydroxyl groups is 1. The van der Waals surface area contributed by atoms with Crippen LogP contribution in [0.4, 0.5) is 23.2 Å². The minimum absolute atomic E-state index is 0.685. The van der Waals surface area contributed by atoms with E-state index in [2.05, 4.69) is 0 Å². The Kier molecular flexibility index (Phi) is 3.43. The standard InChI is InChI=1S/C8H5F4NO3/c9-4-3(1-2-14)5(10)8(13(15)16)7(12)6(4)11/h14H,1-2H2. The van der Waals surface area contributed by atoms with E-state index in [9.17, 15) is 27.7 Å². The van der Waals surface area contributed by atoms with E-state index in [-0.39, 0.29) is 0 Å². The number of hydrogen-bond acceptors (Lipinski definition) is 3. The lowest BCUT2D eigenvalue weighted by molar-refractivity contribution is -0.390. The minimum atomic E-state index is -2.19. The van der Waals surface area contributed by atoms with Crippen LogP contribution in [0.1, 0.15) is 5.56 Å². The summed E-state index contributed by atoms with van der Waals surface area (Å²) in [7, 11) is 0. The summed E-state index contributed by atoms with van der Waals surface area (Å²) in [6, 6.07) is 0. The molecule has 1 N–H and O–H groups in total. The highest BCUT2D eigenvalue weighted by Crippen LogP contribution is 2.29. The number of aliphatic hydroxyl groups excluding tert-OH is 1. The number of hydrogen-bond donors (Lipinski definition) is 1. The predicted molar refractivity (Wildman–Crippen MR) is 43.7 cm³/mol. The molecule has 0 saturated carbocycles. The lowest BCUT2D eigenvalue weighted by Gasteiger charge is -2.05. The summed E-state index contributed by atoms with van der Waals surface area (Å²) >= 11 is 0. The van der Waals surface area contributed by atoms with Gasteiger partial charge in [-0.3, -0.25) is 10.1 Å². The van der Waals surface area contributed by atoms with Crippen molar-refractivity contribution >= 4 is 5.69 Å². The molecule has 0 spiro atoms. The summed E-state index contributed by atoms with van der Waals surface area (Å²) in [6.07, 6.45) is -0.685. The van der Waals surface area contributed by atoms with E-state index in [0.717, 1.165) is 0 Å². The first-order chi connectivity index (χ1) is 7.41. The van der Waals surface area contributed by atoms with Crippen LogP contribution in [0, 0.1) is 33.4 Å². The Bertz CT molecular complexity index is 450. The zero-order valence-corrected chi connectivity index (χ0v) is 7.64. The first-order valence-electron chi connectivity index (χ1n) is 4.01. The van der Waals surface area contributed by atoms with Gasteiger partial charge < -0.3 is 5.11 Å². The second-order valence-corrected chi connectivity index (χ2v) is 2.81. The van der Waals surface area contributed by atoms with Crippen molar-refractivity contribution in [3.63, 3.8) is 0 Å². The van der Waals surface area contributed by atoms with Crippen LogP contribution in [0.5, 0.6) is 0 Å². The molecular weight excluding hydrogens is 234 g/mol. The van der Waals surface area contributed by atoms with Crippen LogP contribution in [0.3, 0.4) is 0 Å². The first kappa shape index (κ1) is 12.4. The Morgan fingerprint density at radius 1 is 1.06 bits per heavy atom. The molecule has 0 fully saturated rings. The third-order valence-corrected chi connectivity index (χ3v) is 1.88.